The van der Waals surface area contributed by atoms with Gasteiger partial charge >= 0.3 is 0 Å². The van der Waals surface area contributed by atoms with Crippen LogP contribution in [0.5, 0.6) is 0 Å². The van der Waals surface area contributed by atoms with Gasteiger partial charge in [0.15, 0.2) is 0 Å². The SMILES string of the molecule is CC(C)(CCC(c1ccc(Cl)cc1)n1ccnc1)Sc1c(Cl)cccc1Cl. The van der Waals surface area contributed by atoms with Gasteiger partial charge in [-0.25, -0.2) is 4.98 Å². The molecule has 142 valence electrons. The van der Waals surface area contributed by atoms with Gasteiger partial charge < -0.3 is 4.57 Å². The molecule has 1 unspecified atom stereocenters. The molecule has 0 fully saturated rings. The largest absolute Gasteiger partial charge is 0.330 e. The molecule has 0 amide bonds. The number of aromatic nitrogens is 2. The number of benzene rings is 2. The minimum atomic E-state index is -0.0279. The first-order valence-corrected chi connectivity index (χ1v) is 10.7. The van der Waals surface area contributed by atoms with Crippen molar-refractivity contribution in [3.05, 3.63) is 81.8 Å². The molecule has 0 aliphatic carbocycles. The van der Waals surface area contributed by atoms with Crippen molar-refractivity contribution in [2.45, 2.75) is 42.4 Å². The lowest BCUT2D eigenvalue weighted by Gasteiger charge is -2.28. The highest BCUT2D eigenvalue weighted by Crippen LogP contribution is 2.44. The van der Waals surface area contributed by atoms with Crippen LogP contribution in [-0.2, 0) is 0 Å². The molecule has 1 heterocycles. The predicted octanol–water partition coefficient (Wildman–Crippen LogP) is 7.78. The molecule has 0 spiro atoms. The Morgan fingerprint density at radius 3 is 2.30 bits per heavy atom. The van der Waals surface area contributed by atoms with Crippen molar-refractivity contribution < 1.29 is 0 Å². The molecule has 0 aliphatic heterocycles. The van der Waals surface area contributed by atoms with Crippen LogP contribution < -0.4 is 0 Å². The van der Waals surface area contributed by atoms with Crippen LogP contribution >= 0.6 is 46.6 Å². The summed E-state index contributed by atoms with van der Waals surface area (Å²) < 4.78 is 2.12. The summed E-state index contributed by atoms with van der Waals surface area (Å²) >= 11 is 20.5. The number of thioether (sulfide) groups is 1. The van der Waals surface area contributed by atoms with Crippen molar-refractivity contribution in [1.29, 1.82) is 0 Å². The Labute approximate surface area is 179 Å². The van der Waals surface area contributed by atoms with Crippen LogP contribution in [0.4, 0.5) is 0 Å². The average Bonchev–Trinajstić information content (AvgIpc) is 3.14. The molecule has 6 heteroatoms. The molecule has 3 aromatic rings. The van der Waals surface area contributed by atoms with Crippen LogP contribution in [0.25, 0.3) is 0 Å². The highest BCUT2D eigenvalue weighted by atomic mass is 35.5. The fourth-order valence-corrected chi connectivity index (χ4v) is 4.88. The van der Waals surface area contributed by atoms with Crippen molar-refractivity contribution in [1.82, 2.24) is 9.55 Å². The maximum Gasteiger partial charge on any atom is 0.0951 e. The lowest BCUT2D eigenvalue weighted by Crippen LogP contribution is -2.18. The van der Waals surface area contributed by atoms with Crippen LogP contribution in [0.3, 0.4) is 0 Å². The molecule has 0 bridgehead atoms. The second-order valence-corrected chi connectivity index (χ2v) is 10.00. The molecule has 0 saturated heterocycles. The highest BCUT2D eigenvalue weighted by molar-refractivity contribution is 8.00. The van der Waals surface area contributed by atoms with E-state index in [2.05, 4.69) is 35.5 Å². The molecule has 2 nitrogen and oxygen atoms in total. The molecule has 2 aromatic carbocycles. The Kier molecular flexibility index (Phi) is 6.80. The lowest BCUT2D eigenvalue weighted by molar-refractivity contribution is 0.481. The average molecular weight is 440 g/mol. The van der Waals surface area contributed by atoms with E-state index in [9.17, 15) is 0 Å². The van der Waals surface area contributed by atoms with Crippen LogP contribution in [-0.4, -0.2) is 14.3 Å². The summed E-state index contributed by atoms with van der Waals surface area (Å²) in [5.74, 6) is 0. The van der Waals surface area contributed by atoms with Crippen molar-refractivity contribution in [2.75, 3.05) is 0 Å². The maximum absolute atomic E-state index is 6.36. The van der Waals surface area contributed by atoms with Gasteiger partial charge in [0.25, 0.3) is 0 Å². The summed E-state index contributed by atoms with van der Waals surface area (Å²) in [7, 11) is 0. The zero-order chi connectivity index (χ0) is 19.4. The summed E-state index contributed by atoms with van der Waals surface area (Å²) in [6.45, 7) is 4.45. The van der Waals surface area contributed by atoms with Crippen molar-refractivity contribution >= 4 is 46.6 Å². The monoisotopic (exact) mass is 438 g/mol. The summed E-state index contributed by atoms with van der Waals surface area (Å²) in [5, 5.41) is 2.14. The van der Waals surface area contributed by atoms with Gasteiger partial charge in [-0.15, -0.1) is 11.8 Å². The predicted molar refractivity (Wildman–Crippen MR) is 117 cm³/mol. The number of hydrogen-bond acceptors (Lipinski definition) is 2. The Hall–Kier alpha value is -1.13. The number of hydrogen-bond donors (Lipinski definition) is 0. The molecule has 0 radical (unpaired) electrons. The van der Waals surface area contributed by atoms with E-state index in [4.69, 9.17) is 34.8 Å². The number of halogens is 3. The van der Waals surface area contributed by atoms with E-state index in [-0.39, 0.29) is 10.8 Å². The lowest BCUT2D eigenvalue weighted by atomic mass is 9.97. The first-order valence-electron chi connectivity index (χ1n) is 8.72. The molecule has 27 heavy (non-hydrogen) atoms. The zero-order valence-electron chi connectivity index (χ0n) is 15.2. The molecule has 0 saturated carbocycles. The normalized spacial score (nSPS) is 12.9. The van der Waals surface area contributed by atoms with Crippen LogP contribution in [0.2, 0.25) is 15.1 Å². The van der Waals surface area contributed by atoms with Gasteiger partial charge in [0.1, 0.15) is 0 Å². The maximum atomic E-state index is 6.36. The number of nitrogens with zero attached hydrogens (tertiary/aromatic N) is 2. The summed E-state index contributed by atoms with van der Waals surface area (Å²) in [6, 6.07) is 13.9. The van der Waals surface area contributed by atoms with E-state index in [1.807, 2.05) is 49.1 Å². The number of imidazole rings is 1. The molecule has 0 aliphatic rings. The van der Waals surface area contributed by atoms with E-state index in [1.54, 1.807) is 11.8 Å². The van der Waals surface area contributed by atoms with Gasteiger partial charge in [-0.1, -0.05) is 66.8 Å². The number of rotatable bonds is 7. The third kappa shape index (κ3) is 5.45. The van der Waals surface area contributed by atoms with Crippen molar-refractivity contribution in [3.63, 3.8) is 0 Å². The van der Waals surface area contributed by atoms with E-state index < -0.39 is 0 Å². The van der Waals surface area contributed by atoms with Gasteiger partial charge in [-0.3, -0.25) is 0 Å². The van der Waals surface area contributed by atoms with Gasteiger partial charge in [-0.2, -0.15) is 0 Å². The minimum Gasteiger partial charge on any atom is -0.330 e. The zero-order valence-corrected chi connectivity index (χ0v) is 18.3. The van der Waals surface area contributed by atoms with Crippen LogP contribution in [0.1, 0.15) is 38.3 Å². The summed E-state index contributed by atoms with van der Waals surface area (Å²) in [5.41, 5.74) is 1.22. The third-order valence-electron chi connectivity index (χ3n) is 4.46. The van der Waals surface area contributed by atoms with Crippen molar-refractivity contribution in [2.24, 2.45) is 0 Å². The molecule has 3 rings (SSSR count). The second-order valence-electron chi connectivity index (χ2n) is 7.03. The van der Waals surface area contributed by atoms with Crippen molar-refractivity contribution in [3.8, 4) is 0 Å². The quantitative estimate of drug-likeness (QED) is 0.350. The highest BCUT2D eigenvalue weighted by Gasteiger charge is 2.25. The molecular weight excluding hydrogens is 419 g/mol. The summed E-state index contributed by atoms with van der Waals surface area (Å²) in [4.78, 5) is 5.16. The molecule has 1 aromatic heterocycles. The van der Waals surface area contributed by atoms with Crippen LogP contribution in [0, 0.1) is 0 Å². The van der Waals surface area contributed by atoms with E-state index in [0.29, 0.717) is 10.0 Å². The Balaban J connectivity index is 1.77. The minimum absolute atomic E-state index is 0.0279. The van der Waals surface area contributed by atoms with Gasteiger partial charge in [0.2, 0.25) is 0 Å². The first-order chi connectivity index (χ1) is 12.9. The Morgan fingerprint density at radius 2 is 1.70 bits per heavy atom. The fraction of sp³-hybridized carbons (Fsp3) is 0.286. The summed E-state index contributed by atoms with van der Waals surface area (Å²) in [6.07, 6.45) is 7.62. The Morgan fingerprint density at radius 1 is 1.04 bits per heavy atom. The topological polar surface area (TPSA) is 17.8 Å². The van der Waals surface area contributed by atoms with Gasteiger partial charge in [0, 0.05) is 27.1 Å². The Bertz CT molecular complexity index is 857. The second kappa shape index (κ2) is 8.91. The fourth-order valence-electron chi connectivity index (χ4n) is 3.02. The van der Waals surface area contributed by atoms with Crippen LogP contribution in [0.15, 0.2) is 66.1 Å². The first kappa shape index (κ1) is 20.6. The third-order valence-corrected chi connectivity index (χ3v) is 6.96. The van der Waals surface area contributed by atoms with Gasteiger partial charge in [-0.05, 0) is 42.7 Å². The van der Waals surface area contributed by atoms with E-state index >= 15 is 0 Å². The van der Waals surface area contributed by atoms with E-state index in [1.165, 1.54) is 5.56 Å². The molecular formula is C21H21Cl3N2S. The standard InChI is InChI=1S/C21H21Cl3N2S/c1-21(2,27-20-17(23)4-3-5-18(20)24)11-10-19(26-13-12-25-14-26)15-6-8-16(22)9-7-15/h3-9,12-14,19H,10-11H2,1-2H3. The van der Waals surface area contributed by atoms with E-state index in [0.717, 1.165) is 22.8 Å². The smallest absolute Gasteiger partial charge is 0.0951 e. The van der Waals surface area contributed by atoms with Gasteiger partial charge in [0.05, 0.1) is 22.4 Å². The molecule has 0 N–H and O–H groups in total. The molecule has 1 atom stereocenters.